The summed E-state index contributed by atoms with van der Waals surface area (Å²) in [6.45, 7) is 3.77. The Morgan fingerprint density at radius 1 is 1.40 bits per heavy atom. The normalized spacial score (nSPS) is 10.6. The van der Waals surface area contributed by atoms with Crippen molar-refractivity contribution in [1.29, 1.82) is 0 Å². The van der Waals surface area contributed by atoms with Crippen molar-refractivity contribution in [3.63, 3.8) is 0 Å². The van der Waals surface area contributed by atoms with Crippen LogP contribution in [0.2, 0.25) is 5.02 Å². The van der Waals surface area contributed by atoms with E-state index < -0.39 is 0 Å². The predicted octanol–water partition coefficient (Wildman–Crippen LogP) is 1.23. The van der Waals surface area contributed by atoms with Gasteiger partial charge in [-0.25, -0.2) is 9.97 Å². The van der Waals surface area contributed by atoms with E-state index in [1.54, 1.807) is 10.9 Å². The van der Waals surface area contributed by atoms with E-state index in [0.717, 1.165) is 11.4 Å². The number of nitrogens with one attached hydrogen (secondary N) is 1. The van der Waals surface area contributed by atoms with Crippen molar-refractivity contribution in [2.24, 2.45) is 0 Å². The molecule has 2 heterocycles. The molecule has 0 aromatic carbocycles. The van der Waals surface area contributed by atoms with Crippen molar-refractivity contribution >= 4 is 11.6 Å². The van der Waals surface area contributed by atoms with Crippen LogP contribution in [0, 0.1) is 13.8 Å². The minimum Gasteiger partial charge on any atom is -0.312 e. The highest BCUT2D eigenvalue weighted by Crippen LogP contribution is 2.15. The molecule has 15 heavy (non-hydrogen) atoms. The molecule has 0 radical (unpaired) electrons. The van der Waals surface area contributed by atoms with Crippen LogP contribution in [-0.2, 0) is 0 Å². The van der Waals surface area contributed by atoms with Crippen LogP contribution in [0.1, 0.15) is 11.4 Å². The first-order chi connectivity index (χ1) is 7.11. The van der Waals surface area contributed by atoms with Gasteiger partial charge in [0.1, 0.15) is 11.3 Å². The summed E-state index contributed by atoms with van der Waals surface area (Å²) in [5, 5.41) is 0.0676. The summed E-state index contributed by atoms with van der Waals surface area (Å²) in [6, 6.07) is 0. The molecular formula is C9H9ClN4O. The maximum Gasteiger partial charge on any atom is 0.271 e. The van der Waals surface area contributed by atoms with Crippen molar-refractivity contribution in [3.05, 3.63) is 39.4 Å². The molecule has 6 heteroatoms. The molecule has 5 nitrogen and oxygen atoms in total. The molecule has 2 aromatic rings. The number of H-pyrrole nitrogens is 1. The Bertz CT molecular complexity index is 557. The molecule has 0 aliphatic rings. The Hall–Kier alpha value is -1.62. The summed E-state index contributed by atoms with van der Waals surface area (Å²) >= 11 is 5.85. The van der Waals surface area contributed by atoms with Gasteiger partial charge in [-0.2, -0.15) is 0 Å². The van der Waals surface area contributed by atoms with Gasteiger partial charge in [-0.05, 0) is 13.8 Å². The minimum atomic E-state index is -0.354. The van der Waals surface area contributed by atoms with Gasteiger partial charge in [-0.15, -0.1) is 0 Å². The summed E-state index contributed by atoms with van der Waals surface area (Å²) in [6.07, 6.45) is 2.91. The Morgan fingerprint density at radius 2 is 2.13 bits per heavy atom. The van der Waals surface area contributed by atoms with Gasteiger partial charge in [0.25, 0.3) is 5.56 Å². The smallest absolute Gasteiger partial charge is 0.271 e. The Balaban J connectivity index is 2.70. The van der Waals surface area contributed by atoms with Crippen LogP contribution in [0.4, 0.5) is 0 Å². The number of aromatic amines is 1. The number of imidazole rings is 1. The molecule has 2 rings (SSSR count). The first kappa shape index (κ1) is 9.92. The van der Waals surface area contributed by atoms with Crippen LogP contribution in [0.5, 0.6) is 0 Å². The van der Waals surface area contributed by atoms with E-state index in [9.17, 15) is 4.79 Å². The number of rotatable bonds is 1. The van der Waals surface area contributed by atoms with Gasteiger partial charge in [0.05, 0.1) is 12.0 Å². The third-order valence-corrected chi connectivity index (χ3v) is 2.60. The van der Waals surface area contributed by atoms with E-state index >= 15 is 0 Å². The highest BCUT2D eigenvalue weighted by molar-refractivity contribution is 6.31. The third kappa shape index (κ3) is 1.55. The Morgan fingerprint density at radius 3 is 2.73 bits per heavy atom. The first-order valence-corrected chi connectivity index (χ1v) is 4.73. The molecular weight excluding hydrogens is 216 g/mol. The first-order valence-electron chi connectivity index (χ1n) is 4.35. The zero-order valence-electron chi connectivity index (χ0n) is 8.28. The van der Waals surface area contributed by atoms with Crippen LogP contribution < -0.4 is 5.56 Å². The lowest BCUT2D eigenvalue weighted by Crippen LogP contribution is -2.12. The second-order valence-electron chi connectivity index (χ2n) is 3.15. The van der Waals surface area contributed by atoms with Gasteiger partial charge in [0, 0.05) is 5.69 Å². The minimum absolute atomic E-state index is 0.0676. The van der Waals surface area contributed by atoms with Crippen molar-refractivity contribution in [3.8, 4) is 5.82 Å². The number of hydrogen-bond acceptors (Lipinski definition) is 3. The van der Waals surface area contributed by atoms with Crippen LogP contribution >= 0.6 is 11.6 Å². The molecule has 2 aromatic heterocycles. The average molecular weight is 225 g/mol. The van der Waals surface area contributed by atoms with Crippen LogP contribution in [0.3, 0.4) is 0 Å². The Kier molecular flexibility index (Phi) is 2.32. The average Bonchev–Trinajstić information content (AvgIpc) is 2.53. The number of hydrogen-bond donors (Lipinski definition) is 1. The van der Waals surface area contributed by atoms with Gasteiger partial charge in [0.2, 0.25) is 0 Å². The largest absolute Gasteiger partial charge is 0.312 e. The van der Waals surface area contributed by atoms with Gasteiger partial charge >= 0.3 is 0 Å². The van der Waals surface area contributed by atoms with Crippen molar-refractivity contribution in [2.45, 2.75) is 13.8 Å². The molecule has 78 valence electrons. The predicted molar refractivity (Wildman–Crippen MR) is 56.5 cm³/mol. The SMILES string of the molecule is Cc1ncn(-c2nc[nH]c(=O)c2Cl)c1C. The zero-order chi connectivity index (χ0) is 11.0. The van der Waals surface area contributed by atoms with E-state index in [1.807, 2.05) is 13.8 Å². The topological polar surface area (TPSA) is 63.6 Å². The third-order valence-electron chi connectivity index (χ3n) is 2.26. The molecule has 0 saturated carbocycles. The molecule has 0 unspecified atom stereocenters. The van der Waals surface area contributed by atoms with E-state index in [-0.39, 0.29) is 10.6 Å². The van der Waals surface area contributed by atoms with Crippen molar-refractivity contribution < 1.29 is 0 Å². The molecule has 0 atom stereocenters. The zero-order valence-corrected chi connectivity index (χ0v) is 9.04. The lowest BCUT2D eigenvalue weighted by atomic mass is 10.4. The summed E-state index contributed by atoms with van der Waals surface area (Å²) in [7, 11) is 0. The van der Waals surface area contributed by atoms with Gasteiger partial charge in [-0.1, -0.05) is 11.6 Å². The molecule has 0 fully saturated rings. The highest BCUT2D eigenvalue weighted by Gasteiger charge is 2.11. The second kappa shape index (κ2) is 3.51. The lowest BCUT2D eigenvalue weighted by molar-refractivity contribution is 0.926. The van der Waals surface area contributed by atoms with E-state index in [1.165, 1.54) is 6.33 Å². The van der Waals surface area contributed by atoms with Crippen molar-refractivity contribution in [1.82, 2.24) is 19.5 Å². The second-order valence-corrected chi connectivity index (χ2v) is 3.53. The lowest BCUT2D eigenvalue weighted by Gasteiger charge is -2.04. The maximum absolute atomic E-state index is 11.3. The Labute approximate surface area is 90.8 Å². The molecule has 0 aliphatic carbocycles. The fourth-order valence-corrected chi connectivity index (χ4v) is 1.45. The number of halogens is 1. The molecule has 0 aliphatic heterocycles. The molecule has 0 saturated heterocycles. The summed E-state index contributed by atoms with van der Waals surface area (Å²) in [5.41, 5.74) is 1.44. The van der Waals surface area contributed by atoms with Crippen LogP contribution in [0.25, 0.3) is 5.82 Å². The van der Waals surface area contributed by atoms with Crippen molar-refractivity contribution in [2.75, 3.05) is 0 Å². The molecule has 0 spiro atoms. The summed E-state index contributed by atoms with van der Waals surface area (Å²) in [5.74, 6) is 0.401. The van der Waals surface area contributed by atoms with Gasteiger partial charge in [0.15, 0.2) is 5.82 Å². The number of aryl methyl sites for hydroxylation is 1. The maximum atomic E-state index is 11.3. The highest BCUT2D eigenvalue weighted by atomic mass is 35.5. The summed E-state index contributed by atoms with van der Waals surface area (Å²) < 4.78 is 1.69. The molecule has 1 N–H and O–H groups in total. The van der Waals surface area contributed by atoms with E-state index in [4.69, 9.17) is 11.6 Å². The van der Waals surface area contributed by atoms with E-state index in [2.05, 4.69) is 15.0 Å². The summed E-state index contributed by atoms with van der Waals surface area (Å²) in [4.78, 5) is 21.8. The number of nitrogens with zero attached hydrogens (tertiary/aromatic N) is 3. The molecule has 0 amide bonds. The standard InChI is InChI=1S/C9H9ClN4O/c1-5-6(2)14(4-13-5)8-7(10)9(15)12-3-11-8/h3-4H,1-2H3,(H,11,12,15). The van der Waals surface area contributed by atoms with Crippen LogP contribution in [-0.4, -0.2) is 19.5 Å². The fourth-order valence-electron chi connectivity index (χ4n) is 1.25. The monoisotopic (exact) mass is 224 g/mol. The quantitative estimate of drug-likeness (QED) is 0.792. The molecule has 0 bridgehead atoms. The van der Waals surface area contributed by atoms with E-state index in [0.29, 0.717) is 5.82 Å². The number of aromatic nitrogens is 4. The van der Waals surface area contributed by atoms with Crippen LogP contribution in [0.15, 0.2) is 17.4 Å². The van der Waals surface area contributed by atoms with Gasteiger partial charge < -0.3 is 4.98 Å². The van der Waals surface area contributed by atoms with Gasteiger partial charge in [-0.3, -0.25) is 9.36 Å². The fraction of sp³-hybridized carbons (Fsp3) is 0.222.